The molecule has 0 aliphatic carbocycles. The number of nitrogens with zero attached hydrogens (tertiary/aromatic N) is 3. The van der Waals surface area contributed by atoms with Gasteiger partial charge in [0.2, 0.25) is 0 Å². The number of rotatable bonds is 7. The summed E-state index contributed by atoms with van der Waals surface area (Å²) in [6.07, 6.45) is 4.81. The lowest BCUT2D eigenvalue weighted by molar-refractivity contribution is -0.138. The molecular weight excluding hydrogens is 246 g/mol. The van der Waals surface area contributed by atoms with E-state index in [9.17, 15) is 9.59 Å². The number of carboxylic acid groups (broad SMARTS) is 1. The van der Waals surface area contributed by atoms with Crippen molar-refractivity contribution in [1.82, 2.24) is 14.7 Å². The van der Waals surface area contributed by atoms with Gasteiger partial charge in [-0.2, -0.15) is 5.10 Å². The van der Waals surface area contributed by atoms with E-state index in [0.717, 1.165) is 13.0 Å². The molecule has 1 rings (SSSR count). The molecule has 0 bridgehead atoms. The predicted octanol–water partition coefficient (Wildman–Crippen LogP) is 1.62. The predicted molar refractivity (Wildman–Crippen MR) is 70.9 cm³/mol. The van der Waals surface area contributed by atoms with Gasteiger partial charge < -0.3 is 10.0 Å². The van der Waals surface area contributed by atoms with E-state index in [4.69, 9.17) is 5.11 Å². The molecule has 0 saturated heterocycles. The topological polar surface area (TPSA) is 75.4 Å². The standard InChI is InChI=1S/C13H21N3O3/c1-4-6-15-8-11(7-14-15)13(19)16(9-12(17)18)10(3)5-2/h7-8,10H,4-6,9H2,1-3H3,(H,17,18). The van der Waals surface area contributed by atoms with Gasteiger partial charge in [-0.15, -0.1) is 0 Å². The van der Waals surface area contributed by atoms with Gasteiger partial charge in [-0.25, -0.2) is 0 Å². The Balaban J connectivity index is 2.87. The first-order valence-electron chi connectivity index (χ1n) is 6.54. The van der Waals surface area contributed by atoms with Gasteiger partial charge in [-0.3, -0.25) is 14.3 Å². The van der Waals surface area contributed by atoms with Crippen molar-refractivity contribution in [1.29, 1.82) is 0 Å². The van der Waals surface area contributed by atoms with Crippen molar-refractivity contribution in [2.24, 2.45) is 0 Å². The van der Waals surface area contributed by atoms with Crippen molar-refractivity contribution in [3.63, 3.8) is 0 Å². The van der Waals surface area contributed by atoms with E-state index in [1.807, 2.05) is 20.8 Å². The van der Waals surface area contributed by atoms with E-state index >= 15 is 0 Å². The van der Waals surface area contributed by atoms with Gasteiger partial charge in [0.1, 0.15) is 6.54 Å². The average molecular weight is 267 g/mol. The van der Waals surface area contributed by atoms with Crippen LogP contribution in [0.15, 0.2) is 12.4 Å². The third-order valence-corrected chi connectivity index (χ3v) is 3.02. The first-order valence-corrected chi connectivity index (χ1v) is 6.54. The monoisotopic (exact) mass is 267 g/mol. The fourth-order valence-corrected chi connectivity index (χ4v) is 1.79. The third kappa shape index (κ3) is 4.08. The zero-order chi connectivity index (χ0) is 14.4. The number of aromatic nitrogens is 2. The van der Waals surface area contributed by atoms with E-state index in [1.165, 1.54) is 11.1 Å². The number of hydrogen-bond acceptors (Lipinski definition) is 3. The van der Waals surface area contributed by atoms with Gasteiger partial charge in [-0.1, -0.05) is 13.8 Å². The Kier molecular flexibility index (Phi) is 5.54. The largest absolute Gasteiger partial charge is 0.480 e. The molecule has 19 heavy (non-hydrogen) atoms. The Morgan fingerprint density at radius 1 is 1.47 bits per heavy atom. The van der Waals surface area contributed by atoms with Crippen molar-refractivity contribution >= 4 is 11.9 Å². The minimum atomic E-state index is -1.00. The number of aryl methyl sites for hydroxylation is 1. The molecule has 0 fully saturated rings. The van der Waals surface area contributed by atoms with Gasteiger partial charge >= 0.3 is 5.97 Å². The third-order valence-electron chi connectivity index (χ3n) is 3.02. The zero-order valence-electron chi connectivity index (χ0n) is 11.7. The highest BCUT2D eigenvalue weighted by molar-refractivity contribution is 5.95. The molecule has 0 saturated carbocycles. The summed E-state index contributed by atoms with van der Waals surface area (Å²) < 4.78 is 1.70. The Hall–Kier alpha value is -1.85. The highest BCUT2D eigenvalue weighted by atomic mass is 16.4. The number of amides is 1. The quantitative estimate of drug-likeness (QED) is 0.814. The molecule has 6 nitrogen and oxygen atoms in total. The van der Waals surface area contributed by atoms with Crippen LogP contribution in [-0.4, -0.2) is 44.3 Å². The minimum absolute atomic E-state index is 0.113. The molecule has 6 heteroatoms. The summed E-state index contributed by atoms with van der Waals surface area (Å²) in [7, 11) is 0. The second kappa shape index (κ2) is 6.92. The molecule has 0 aromatic carbocycles. The molecule has 0 aliphatic rings. The molecule has 0 aliphatic heterocycles. The van der Waals surface area contributed by atoms with Crippen LogP contribution in [0.3, 0.4) is 0 Å². The number of carbonyl (C=O) groups is 2. The molecule has 0 spiro atoms. The number of carbonyl (C=O) groups excluding carboxylic acids is 1. The minimum Gasteiger partial charge on any atom is -0.480 e. The molecule has 106 valence electrons. The second-order valence-corrected chi connectivity index (χ2v) is 4.58. The normalized spacial score (nSPS) is 12.2. The SMILES string of the molecule is CCCn1cc(C(=O)N(CC(=O)O)C(C)CC)cn1. The van der Waals surface area contributed by atoms with E-state index < -0.39 is 5.97 Å². The van der Waals surface area contributed by atoms with Crippen LogP contribution in [0.5, 0.6) is 0 Å². The maximum Gasteiger partial charge on any atom is 0.323 e. The molecule has 1 atom stereocenters. The highest BCUT2D eigenvalue weighted by Gasteiger charge is 2.23. The number of hydrogen-bond donors (Lipinski definition) is 1. The van der Waals surface area contributed by atoms with Gasteiger partial charge in [0.05, 0.1) is 11.8 Å². The molecule has 1 unspecified atom stereocenters. The lowest BCUT2D eigenvalue weighted by Crippen LogP contribution is -2.41. The summed E-state index contributed by atoms with van der Waals surface area (Å²) in [6.45, 7) is 6.26. The molecule has 1 aromatic heterocycles. The summed E-state index contributed by atoms with van der Waals surface area (Å²) >= 11 is 0. The summed E-state index contributed by atoms with van der Waals surface area (Å²) in [5.41, 5.74) is 0.440. The van der Waals surface area contributed by atoms with Gasteiger partial charge in [-0.05, 0) is 19.8 Å². The lowest BCUT2D eigenvalue weighted by Gasteiger charge is -2.26. The first kappa shape index (κ1) is 15.2. The van der Waals surface area contributed by atoms with Crippen molar-refractivity contribution in [3.8, 4) is 0 Å². The highest BCUT2D eigenvalue weighted by Crippen LogP contribution is 2.10. The van der Waals surface area contributed by atoms with Crippen molar-refractivity contribution in [2.75, 3.05) is 6.54 Å². The van der Waals surface area contributed by atoms with Crippen LogP contribution in [0, 0.1) is 0 Å². The fraction of sp³-hybridized carbons (Fsp3) is 0.615. The van der Waals surface area contributed by atoms with Crippen molar-refractivity contribution in [2.45, 2.75) is 46.2 Å². The lowest BCUT2D eigenvalue weighted by atomic mass is 10.2. The van der Waals surface area contributed by atoms with E-state index in [2.05, 4.69) is 5.10 Å². The maximum atomic E-state index is 12.3. The Morgan fingerprint density at radius 2 is 2.16 bits per heavy atom. The Labute approximate surface area is 113 Å². The first-order chi connectivity index (χ1) is 8.99. The van der Waals surface area contributed by atoms with E-state index in [1.54, 1.807) is 10.9 Å². The van der Waals surface area contributed by atoms with Crippen LogP contribution in [0.4, 0.5) is 0 Å². The van der Waals surface area contributed by atoms with Gasteiger partial charge in [0, 0.05) is 18.8 Å². The second-order valence-electron chi connectivity index (χ2n) is 4.58. The van der Waals surface area contributed by atoms with E-state index in [0.29, 0.717) is 12.0 Å². The van der Waals surface area contributed by atoms with Crippen molar-refractivity contribution in [3.05, 3.63) is 18.0 Å². The van der Waals surface area contributed by atoms with Gasteiger partial charge in [0.15, 0.2) is 0 Å². The van der Waals surface area contributed by atoms with Crippen LogP contribution in [0.2, 0.25) is 0 Å². The van der Waals surface area contributed by atoms with Crippen LogP contribution in [-0.2, 0) is 11.3 Å². The molecule has 1 N–H and O–H groups in total. The zero-order valence-corrected chi connectivity index (χ0v) is 11.7. The molecule has 1 aromatic rings. The average Bonchev–Trinajstić information content (AvgIpc) is 2.83. The summed E-state index contributed by atoms with van der Waals surface area (Å²) in [5, 5.41) is 13.0. The summed E-state index contributed by atoms with van der Waals surface area (Å²) in [4.78, 5) is 24.5. The molecular formula is C13H21N3O3. The molecule has 1 amide bonds. The van der Waals surface area contributed by atoms with Crippen LogP contribution in [0.1, 0.15) is 44.0 Å². The Bertz CT molecular complexity index is 442. The Morgan fingerprint density at radius 3 is 2.68 bits per heavy atom. The van der Waals surface area contributed by atoms with E-state index in [-0.39, 0.29) is 18.5 Å². The van der Waals surface area contributed by atoms with Gasteiger partial charge in [0.25, 0.3) is 5.91 Å². The van der Waals surface area contributed by atoms with Crippen LogP contribution in [0.25, 0.3) is 0 Å². The molecule has 1 heterocycles. The molecule has 0 radical (unpaired) electrons. The number of aliphatic carboxylic acids is 1. The maximum absolute atomic E-state index is 12.3. The fourth-order valence-electron chi connectivity index (χ4n) is 1.79. The summed E-state index contributed by atoms with van der Waals surface area (Å²) in [5.74, 6) is -1.28. The summed E-state index contributed by atoms with van der Waals surface area (Å²) in [6, 6.07) is -0.113. The van der Waals surface area contributed by atoms with Crippen molar-refractivity contribution < 1.29 is 14.7 Å². The smallest absolute Gasteiger partial charge is 0.323 e. The van der Waals surface area contributed by atoms with Crippen LogP contribution >= 0.6 is 0 Å². The van der Waals surface area contributed by atoms with Crippen LogP contribution < -0.4 is 0 Å². The number of carboxylic acids is 1.